The number of nitrogens with one attached hydrogen (secondary N) is 2. The average molecular weight is 310 g/mol. The van der Waals surface area contributed by atoms with Crippen LogP contribution in [-0.2, 0) is 4.79 Å². The minimum absolute atomic E-state index is 0.115. The number of halogens is 3. The first-order valence-electron chi connectivity index (χ1n) is 5.61. The Morgan fingerprint density at radius 1 is 1.22 bits per heavy atom. The van der Waals surface area contributed by atoms with Crippen LogP contribution in [0, 0.1) is 5.92 Å². The zero-order valence-corrected chi connectivity index (χ0v) is 12.5. The van der Waals surface area contributed by atoms with Crippen LogP contribution in [0.2, 0.25) is 15.1 Å². The van der Waals surface area contributed by atoms with E-state index < -0.39 is 0 Å². The van der Waals surface area contributed by atoms with Crippen LogP contribution in [-0.4, -0.2) is 19.0 Å². The molecule has 0 saturated heterocycles. The van der Waals surface area contributed by atoms with Crippen molar-refractivity contribution in [3.63, 3.8) is 0 Å². The predicted octanol–water partition coefficient (Wildman–Crippen LogP) is 3.83. The van der Waals surface area contributed by atoms with Gasteiger partial charge in [-0.1, -0.05) is 48.7 Å². The Balaban J connectivity index is 2.72. The van der Waals surface area contributed by atoms with Crippen LogP contribution in [0.4, 0.5) is 5.69 Å². The Kier molecular flexibility index (Phi) is 6.22. The molecular weight excluding hydrogens is 295 g/mol. The molecule has 1 amide bonds. The number of rotatable bonds is 5. The molecule has 1 aromatic carbocycles. The van der Waals surface area contributed by atoms with Crippen LogP contribution in [0.5, 0.6) is 0 Å². The van der Waals surface area contributed by atoms with Crippen molar-refractivity contribution < 1.29 is 4.79 Å². The van der Waals surface area contributed by atoms with Crippen molar-refractivity contribution in [3.05, 3.63) is 27.2 Å². The van der Waals surface area contributed by atoms with Gasteiger partial charge in [0.2, 0.25) is 5.91 Å². The zero-order chi connectivity index (χ0) is 13.7. The molecule has 0 aliphatic rings. The van der Waals surface area contributed by atoms with Crippen LogP contribution >= 0.6 is 34.8 Å². The van der Waals surface area contributed by atoms with Crippen LogP contribution in [0.15, 0.2) is 12.1 Å². The van der Waals surface area contributed by atoms with E-state index in [1.807, 2.05) is 13.8 Å². The van der Waals surface area contributed by atoms with Crippen molar-refractivity contribution in [3.8, 4) is 0 Å². The van der Waals surface area contributed by atoms with Crippen molar-refractivity contribution in [2.45, 2.75) is 13.8 Å². The molecule has 1 atom stereocenters. The van der Waals surface area contributed by atoms with Gasteiger partial charge < -0.3 is 10.6 Å². The number of hydrogen-bond donors (Lipinski definition) is 2. The Hall–Kier alpha value is -0.480. The fraction of sp³-hybridized carbons (Fsp3) is 0.417. The van der Waals surface area contributed by atoms with Crippen LogP contribution < -0.4 is 10.6 Å². The van der Waals surface area contributed by atoms with Crippen molar-refractivity contribution >= 4 is 46.4 Å². The molecule has 1 aromatic rings. The first-order chi connectivity index (χ1) is 8.45. The lowest BCUT2D eigenvalue weighted by Crippen LogP contribution is -2.30. The molecule has 0 spiro atoms. The highest BCUT2D eigenvalue weighted by Crippen LogP contribution is 2.32. The molecule has 2 N–H and O–H groups in total. The van der Waals surface area contributed by atoms with Crippen molar-refractivity contribution in [1.82, 2.24) is 5.32 Å². The first-order valence-corrected chi connectivity index (χ1v) is 6.75. The molecule has 6 heteroatoms. The molecule has 0 radical (unpaired) electrons. The molecule has 1 rings (SSSR count). The Morgan fingerprint density at radius 3 is 2.44 bits per heavy atom. The topological polar surface area (TPSA) is 41.1 Å². The summed E-state index contributed by atoms with van der Waals surface area (Å²) in [6.07, 6.45) is 0. The van der Waals surface area contributed by atoms with E-state index in [0.717, 1.165) is 6.54 Å². The summed E-state index contributed by atoms with van der Waals surface area (Å²) in [7, 11) is 0. The fourth-order valence-electron chi connectivity index (χ4n) is 1.33. The van der Waals surface area contributed by atoms with Crippen molar-refractivity contribution in [2.24, 2.45) is 5.92 Å². The quantitative estimate of drug-likeness (QED) is 0.812. The van der Waals surface area contributed by atoms with Crippen molar-refractivity contribution in [2.75, 3.05) is 18.4 Å². The number of carbonyl (C=O) groups excluding carboxylic acids is 1. The summed E-state index contributed by atoms with van der Waals surface area (Å²) in [6, 6.07) is 3.06. The largest absolute Gasteiger partial charge is 0.324 e. The molecule has 3 nitrogen and oxygen atoms in total. The summed E-state index contributed by atoms with van der Waals surface area (Å²) in [5.41, 5.74) is 0.472. The second-order valence-electron chi connectivity index (χ2n) is 3.94. The lowest BCUT2D eigenvalue weighted by molar-refractivity contribution is -0.119. The Bertz CT molecular complexity index is 438. The third-order valence-corrected chi connectivity index (χ3v) is 3.45. The highest BCUT2D eigenvalue weighted by molar-refractivity contribution is 6.44. The lowest BCUT2D eigenvalue weighted by Gasteiger charge is -2.14. The lowest BCUT2D eigenvalue weighted by atomic mass is 10.1. The van der Waals surface area contributed by atoms with Gasteiger partial charge in [-0.15, -0.1) is 0 Å². The van der Waals surface area contributed by atoms with E-state index in [0.29, 0.717) is 27.3 Å². The molecule has 0 heterocycles. The summed E-state index contributed by atoms with van der Waals surface area (Å²) in [5, 5.41) is 6.93. The van der Waals surface area contributed by atoms with E-state index >= 15 is 0 Å². The van der Waals surface area contributed by atoms with E-state index in [1.165, 1.54) is 6.07 Å². The number of hydrogen-bond acceptors (Lipinski definition) is 2. The van der Waals surface area contributed by atoms with Gasteiger partial charge >= 0.3 is 0 Å². The van der Waals surface area contributed by atoms with E-state index in [-0.39, 0.29) is 11.8 Å². The Labute approximate surface area is 122 Å². The van der Waals surface area contributed by atoms with E-state index in [4.69, 9.17) is 34.8 Å². The average Bonchev–Trinajstić information content (AvgIpc) is 2.32. The van der Waals surface area contributed by atoms with E-state index in [9.17, 15) is 4.79 Å². The molecule has 0 saturated carbocycles. The van der Waals surface area contributed by atoms with Gasteiger partial charge in [0.1, 0.15) is 0 Å². The maximum absolute atomic E-state index is 11.9. The molecule has 0 fully saturated rings. The molecule has 0 aliphatic carbocycles. The molecule has 0 bridgehead atoms. The van der Waals surface area contributed by atoms with Gasteiger partial charge in [-0.2, -0.15) is 0 Å². The SMILES string of the molecule is CCNCC(C)C(=O)Nc1cc(Cl)c(Cl)cc1Cl. The summed E-state index contributed by atoms with van der Waals surface area (Å²) in [5.74, 6) is -0.272. The van der Waals surface area contributed by atoms with Gasteiger partial charge in [0.25, 0.3) is 0 Å². The molecule has 0 aromatic heterocycles. The highest BCUT2D eigenvalue weighted by atomic mass is 35.5. The minimum atomic E-state index is -0.157. The van der Waals surface area contributed by atoms with Gasteiger partial charge in [-0.05, 0) is 18.7 Å². The molecule has 100 valence electrons. The van der Waals surface area contributed by atoms with Gasteiger partial charge in [0, 0.05) is 12.5 Å². The zero-order valence-electron chi connectivity index (χ0n) is 10.2. The van der Waals surface area contributed by atoms with Crippen LogP contribution in [0.1, 0.15) is 13.8 Å². The minimum Gasteiger partial charge on any atom is -0.324 e. The summed E-state index contributed by atoms with van der Waals surface area (Å²) < 4.78 is 0. The van der Waals surface area contributed by atoms with E-state index in [2.05, 4.69) is 10.6 Å². The van der Waals surface area contributed by atoms with Gasteiger partial charge in [-0.25, -0.2) is 0 Å². The normalized spacial score (nSPS) is 12.3. The highest BCUT2D eigenvalue weighted by Gasteiger charge is 2.14. The van der Waals surface area contributed by atoms with Gasteiger partial charge in [0.05, 0.1) is 20.8 Å². The third kappa shape index (κ3) is 4.32. The molecule has 0 aliphatic heterocycles. The fourth-order valence-corrected chi connectivity index (χ4v) is 1.92. The van der Waals surface area contributed by atoms with E-state index in [1.54, 1.807) is 6.07 Å². The second kappa shape index (κ2) is 7.19. The number of amides is 1. The maximum Gasteiger partial charge on any atom is 0.228 e. The second-order valence-corrected chi connectivity index (χ2v) is 5.17. The summed E-state index contributed by atoms with van der Waals surface area (Å²) >= 11 is 17.7. The number of benzene rings is 1. The third-order valence-electron chi connectivity index (χ3n) is 2.42. The van der Waals surface area contributed by atoms with Crippen LogP contribution in [0.25, 0.3) is 0 Å². The standard InChI is InChI=1S/C12H15Cl3N2O/c1-3-16-6-7(2)12(18)17-11-5-9(14)8(13)4-10(11)15/h4-5,7,16H,3,6H2,1-2H3,(H,17,18). The van der Waals surface area contributed by atoms with Crippen molar-refractivity contribution in [1.29, 1.82) is 0 Å². The molecule has 18 heavy (non-hydrogen) atoms. The van der Waals surface area contributed by atoms with Crippen LogP contribution in [0.3, 0.4) is 0 Å². The predicted molar refractivity (Wildman–Crippen MR) is 77.8 cm³/mol. The first kappa shape index (κ1) is 15.6. The molecular formula is C12H15Cl3N2O. The summed E-state index contributed by atoms with van der Waals surface area (Å²) in [6.45, 7) is 5.26. The summed E-state index contributed by atoms with van der Waals surface area (Å²) in [4.78, 5) is 11.9. The monoisotopic (exact) mass is 308 g/mol. The smallest absolute Gasteiger partial charge is 0.228 e. The Morgan fingerprint density at radius 2 is 1.83 bits per heavy atom. The maximum atomic E-state index is 11.9. The number of anilines is 1. The molecule has 1 unspecified atom stereocenters. The van der Waals surface area contributed by atoms with Gasteiger partial charge in [0.15, 0.2) is 0 Å². The number of carbonyl (C=O) groups is 1. The van der Waals surface area contributed by atoms with Gasteiger partial charge in [-0.3, -0.25) is 4.79 Å².